The van der Waals surface area contributed by atoms with Gasteiger partial charge < -0.3 is 10.2 Å². The molecule has 5 heteroatoms. The van der Waals surface area contributed by atoms with Crippen LogP contribution >= 0.6 is 11.3 Å². The minimum Gasteiger partial charge on any atom is -0.352 e. The number of thiophene rings is 1. The van der Waals surface area contributed by atoms with Crippen LogP contribution in [0.4, 0.5) is 0 Å². The van der Waals surface area contributed by atoms with Gasteiger partial charge in [0.15, 0.2) is 0 Å². The molecule has 0 atom stereocenters. The number of carbonyl (C=O) groups excluding carboxylic acids is 2. The zero-order valence-corrected chi connectivity index (χ0v) is 16.8. The molecule has 144 valence electrons. The van der Waals surface area contributed by atoms with Crippen LogP contribution in [0.1, 0.15) is 33.6 Å². The predicted octanol–water partition coefficient (Wildman–Crippen LogP) is 4.38. The van der Waals surface area contributed by atoms with E-state index in [0.29, 0.717) is 19.6 Å². The molecule has 0 radical (unpaired) electrons. The second-order valence-electron chi connectivity index (χ2n) is 7.32. The lowest BCUT2D eigenvalue weighted by atomic mass is 9.95. The smallest absolute Gasteiger partial charge is 0.264 e. The first kappa shape index (κ1) is 18.7. The molecule has 0 saturated carbocycles. The lowest BCUT2D eigenvalue weighted by Crippen LogP contribution is -2.42. The molecule has 1 aliphatic heterocycles. The van der Waals surface area contributed by atoms with Crippen molar-refractivity contribution in [2.45, 2.75) is 26.3 Å². The summed E-state index contributed by atoms with van der Waals surface area (Å²) in [4.78, 5) is 28.2. The van der Waals surface area contributed by atoms with E-state index in [1.807, 2.05) is 54.3 Å². The van der Waals surface area contributed by atoms with E-state index in [-0.39, 0.29) is 17.7 Å². The first-order valence-corrected chi connectivity index (χ1v) is 10.5. The fourth-order valence-electron chi connectivity index (χ4n) is 3.80. The van der Waals surface area contributed by atoms with Gasteiger partial charge in [0.25, 0.3) is 5.91 Å². The maximum absolute atomic E-state index is 13.0. The minimum absolute atomic E-state index is 0.0173. The van der Waals surface area contributed by atoms with Gasteiger partial charge in [-0.25, -0.2) is 0 Å². The molecule has 1 saturated heterocycles. The van der Waals surface area contributed by atoms with Crippen LogP contribution in [0.2, 0.25) is 0 Å². The Bertz CT molecular complexity index is 988. The number of aryl methyl sites for hydroxylation is 1. The molecule has 2 amide bonds. The van der Waals surface area contributed by atoms with E-state index in [9.17, 15) is 9.59 Å². The van der Waals surface area contributed by atoms with Gasteiger partial charge in [-0.3, -0.25) is 9.59 Å². The molecule has 1 aliphatic rings. The van der Waals surface area contributed by atoms with E-state index in [1.54, 1.807) is 11.3 Å². The molecule has 28 heavy (non-hydrogen) atoms. The molecule has 2 aromatic carbocycles. The third-order valence-corrected chi connectivity index (χ3v) is 6.76. The van der Waals surface area contributed by atoms with Gasteiger partial charge in [-0.2, -0.15) is 0 Å². The number of fused-ring (bicyclic) bond motifs is 1. The normalized spacial score (nSPS) is 15.0. The van der Waals surface area contributed by atoms with Crippen LogP contribution in [0.25, 0.3) is 10.1 Å². The van der Waals surface area contributed by atoms with Crippen molar-refractivity contribution < 1.29 is 9.59 Å². The summed E-state index contributed by atoms with van der Waals surface area (Å²) in [5.41, 5.74) is 2.16. The Morgan fingerprint density at radius 2 is 1.71 bits per heavy atom. The van der Waals surface area contributed by atoms with Gasteiger partial charge in [0.2, 0.25) is 5.91 Å². The number of hydrogen-bond acceptors (Lipinski definition) is 3. The Hall–Kier alpha value is -2.66. The fraction of sp³-hybridized carbons (Fsp3) is 0.304. The van der Waals surface area contributed by atoms with Crippen LogP contribution in [0.15, 0.2) is 54.6 Å². The molecule has 1 N–H and O–H groups in total. The number of hydrogen-bond donors (Lipinski definition) is 1. The van der Waals surface area contributed by atoms with Crippen LogP contribution in [-0.2, 0) is 11.3 Å². The molecule has 4 rings (SSSR count). The van der Waals surface area contributed by atoms with Gasteiger partial charge in [0.05, 0.1) is 4.88 Å². The average Bonchev–Trinajstić information content (AvgIpc) is 3.09. The number of rotatable bonds is 4. The average molecular weight is 393 g/mol. The summed E-state index contributed by atoms with van der Waals surface area (Å²) in [6, 6.07) is 18.1. The molecule has 3 aromatic rings. The predicted molar refractivity (Wildman–Crippen MR) is 113 cm³/mol. The van der Waals surface area contributed by atoms with Crippen LogP contribution in [0.5, 0.6) is 0 Å². The van der Waals surface area contributed by atoms with E-state index >= 15 is 0 Å². The van der Waals surface area contributed by atoms with E-state index in [4.69, 9.17) is 0 Å². The monoisotopic (exact) mass is 392 g/mol. The molecule has 0 unspecified atom stereocenters. The molecular formula is C23H24N2O2S. The van der Waals surface area contributed by atoms with Gasteiger partial charge in [-0.1, -0.05) is 48.5 Å². The van der Waals surface area contributed by atoms with E-state index in [0.717, 1.165) is 38.9 Å². The molecule has 1 aromatic heterocycles. The van der Waals surface area contributed by atoms with Gasteiger partial charge >= 0.3 is 0 Å². The number of benzene rings is 2. The van der Waals surface area contributed by atoms with Crippen LogP contribution in [0.3, 0.4) is 0 Å². The van der Waals surface area contributed by atoms with Crippen LogP contribution < -0.4 is 5.32 Å². The van der Waals surface area contributed by atoms with E-state index in [1.165, 1.54) is 0 Å². The van der Waals surface area contributed by atoms with Gasteiger partial charge in [-0.05, 0) is 42.3 Å². The zero-order valence-electron chi connectivity index (χ0n) is 16.0. The number of nitrogens with zero attached hydrogens (tertiary/aromatic N) is 1. The van der Waals surface area contributed by atoms with Crippen molar-refractivity contribution in [3.8, 4) is 0 Å². The summed E-state index contributed by atoms with van der Waals surface area (Å²) in [7, 11) is 0. The highest BCUT2D eigenvalue weighted by molar-refractivity contribution is 7.21. The van der Waals surface area contributed by atoms with Crippen LogP contribution in [0, 0.1) is 12.8 Å². The molecule has 2 heterocycles. The molecule has 1 fully saturated rings. The number of carbonyl (C=O) groups is 2. The van der Waals surface area contributed by atoms with Crippen molar-refractivity contribution in [2.24, 2.45) is 5.92 Å². The zero-order chi connectivity index (χ0) is 19.5. The number of piperidine rings is 1. The van der Waals surface area contributed by atoms with Crippen molar-refractivity contribution >= 4 is 33.2 Å². The second-order valence-corrected chi connectivity index (χ2v) is 8.37. The topological polar surface area (TPSA) is 49.4 Å². The number of likely N-dealkylation sites (tertiary alicyclic amines) is 1. The summed E-state index contributed by atoms with van der Waals surface area (Å²) in [5, 5.41) is 4.19. The highest BCUT2D eigenvalue weighted by Crippen LogP contribution is 2.32. The Morgan fingerprint density at radius 1 is 1.04 bits per heavy atom. The molecule has 0 aliphatic carbocycles. The Kier molecular flexibility index (Phi) is 5.44. The lowest BCUT2D eigenvalue weighted by Gasteiger charge is -2.31. The van der Waals surface area contributed by atoms with Crippen molar-refractivity contribution in [1.82, 2.24) is 10.2 Å². The molecule has 0 spiro atoms. The van der Waals surface area contributed by atoms with Crippen molar-refractivity contribution in [1.29, 1.82) is 0 Å². The maximum Gasteiger partial charge on any atom is 0.264 e. The SMILES string of the molecule is Cc1c(C(=O)N2CCC(C(=O)NCc3ccccc3)CC2)sc2ccccc12. The number of nitrogens with one attached hydrogen (secondary N) is 1. The highest BCUT2D eigenvalue weighted by atomic mass is 32.1. The Balaban J connectivity index is 1.35. The first-order valence-electron chi connectivity index (χ1n) is 9.72. The Labute approximate surface area is 169 Å². The maximum atomic E-state index is 13.0. The van der Waals surface area contributed by atoms with E-state index < -0.39 is 0 Å². The summed E-state index contributed by atoms with van der Waals surface area (Å²) >= 11 is 1.57. The van der Waals surface area contributed by atoms with Crippen LogP contribution in [-0.4, -0.2) is 29.8 Å². The quantitative estimate of drug-likeness (QED) is 0.716. The van der Waals surface area contributed by atoms with Crippen molar-refractivity contribution in [2.75, 3.05) is 13.1 Å². The third kappa shape index (κ3) is 3.80. The standard InChI is InChI=1S/C23H24N2O2S/c1-16-19-9-5-6-10-20(19)28-21(16)23(27)25-13-11-18(12-14-25)22(26)24-15-17-7-3-2-4-8-17/h2-10,18H,11-15H2,1H3,(H,24,26). The molecule has 4 nitrogen and oxygen atoms in total. The van der Waals surface area contributed by atoms with E-state index in [2.05, 4.69) is 17.4 Å². The molecular weight excluding hydrogens is 368 g/mol. The van der Waals surface area contributed by atoms with Gasteiger partial charge in [0, 0.05) is 30.3 Å². The lowest BCUT2D eigenvalue weighted by molar-refractivity contribution is -0.126. The summed E-state index contributed by atoms with van der Waals surface area (Å²) in [6.07, 6.45) is 1.44. The number of amides is 2. The Morgan fingerprint density at radius 3 is 2.43 bits per heavy atom. The largest absolute Gasteiger partial charge is 0.352 e. The minimum atomic E-state index is -0.0173. The summed E-state index contributed by atoms with van der Waals surface area (Å²) in [5.74, 6) is 0.173. The summed E-state index contributed by atoms with van der Waals surface area (Å²) in [6.45, 7) is 3.85. The first-order chi connectivity index (χ1) is 13.6. The van der Waals surface area contributed by atoms with Gasteiger partial charge in [-0.15, -0.1) is 11.3 Å². The van der Waals surface area contributed by atoms with Crippen molar-refractivity contribution in [3.63, 3.8) is 0 Å². The second kappa shape index (κ2) is 8.15. The highest BCUT2D eigenvalue weighted by Gasteiger charge is 2.29. The third-order valence-electron chi connectivity index (χ3n) is 5.50. The fourth-order valence-corrected chi connectivity index (χ4v) is 4.97. The van der Waals surface area contributed by atoms with Gasteiger partial charge in [0.1, 0.15) is 0 Å². The molecule has 0 bridgehead atoms. The van der Waals surface area contributed by atoms with Crippen molar-refractivity contribution in [3.05, 3.63) is 70.6 Å². The summed E-state index contributed by atoms with van der Waals surface area (Å²) < 4.78 is 1.15.